The van der Waals surface area contributed by atoms with E-state index in [1.54, 1.807) is 0 Å². The fraction of sp³-hybridized carbons (Fsp3) is 0.533. The van der Waals surface area contributed by atoms with Crippen LogP contribution in [-0.4, -0.2) is 20.2 Å². The fourth-order valence-corrected chi connectivity index (χ4v) is 3.12. The molecule has 0 saturated heterocycles. The highest BCUT2D eigenvalue weighted by molar-refractivity contribution is 5.65. The van der Waals surface area contributed by atoms with Crippen LogP contribution >= 0.6 is 0 Å². The Morgan fingerprint density at radius 2 is 2.20 bits per heavy atom. The monoisotopic (exact) mass is 271 g/mol. The van der Waals surface area contributed by atoms with Crippen LogP contribution in [0.4, 0.5) is 5.69 Å². The molecule has 5 nitrogen and oxygen atoms in total. The number of nitrogen functional groups attached to an aromatic ring is 1. The average Bonchev–Trinajstić information content (AvgIpc) is 3.03. The van der Waals surface area contributed by atoms with Crippen molar-refractivity contribution in [2.75, 3.05) is 5.73 Å². The molecular weight excluding hydrogens is 250 g/mol. The van der Waals surface area contributed by atoms with E-state index in [4.69, 9.17) is 5.73 Å². The van der Waals surface area contributed by atoms with Gasteiger partial charge >= 0.3 is 0 Å². The number of anilines is 1. The molecule has 1 saturated carbocycles. The van der Waals surface area contributed by atoms with Crippen molar-refractivity contribution in [1.29, 1.82) is 0 Å². The first-order chi connectivity index (χ1) is 9.65. The van der Waals surface area contributed by atoms with Gasteiger partial charge < -0.3 is 5.73 Å². The second-order valence-electron chi connectivity index (χ2n) is 5.93. The number of aromatic nitrogens is 4. The lowest BCUT2D eigenvalue weighted by molar-refractivity contribution is 0.346. The quantitative estimate of drug-likeness (QED) is 0.871. The maximum Gasteiger partial charge on any atom is 0.182 e. The summed E-state index contributed by atoms with van der Waals surface area (Å²) in [6.07, 6.45) is 3.91. The SMILES string of the molecule is Cc1ccc(N)cc1-c1nnnn1CC1CCCC1C. The Morgan fingerprint density at radius 3 is 2.95 bits per heavy atom. The molecule has 2 aromatic rings. The van der Waals surface area contributed by atoms with Gasteiger partial charge in [0.05, 0.1) is 0 Å². The normalized spacial score (nSPS) is 22.3. The van der Waals surface area contributed by atoms with Crippen LogP contribution in [0.1, 0.15) is 31.7 Å². The molecule has 2 N–H and O–H groups in total. The van der Waals surface area contributed by atoms with E-state index in [-0.39, 0.29) is 0 Å². The topological polar surface area (TPSA) is 69.6 Å². The molecule has 106 valence electrons. The van der Waals surface area contributed by atoms with Crippen molar-refractivity contribution in [2.45, 2.75) is 39.7 Å². The Morgan fingerprint density at radius 1 is 1.35 bits per heavy atom. The third-order valence-electron chi connectivity index (χ3n) is 4.48. The molecule has 0 aliphatic heterocycles. The summed E-state index contributed by atoms with van der Waals surface area (Å²) in [5.74, 6) is 2.27. The van der Waals surface area contributed by atoms with Crippen LogP contribution in [0, 0.1) is 18.8 Å². The lowest BCUT2D eigenvalue weighted by atomic mass is 9.98. The Hall–Kier alpha value is -1.91. The molecular formula is C15H21N5. The summed E-state index contributed by atoms with van der Waals surface area (Å²) in [5.41, 5.74) is 8.81. The zero-order valence-electron chi connectivity index (χ0n) is 12.1. The minimum absolute atomic E-state index is 0.679. The molecule has 1 fully saturated rings. The zero-order chi connectivity index (χ0) is 14.1. The van der Waals surface area contributed by atoms with Gasteiger partial charge in [0.25, 0.3) is 0 Å². The number of benzene rings is 1. The minimum Gasteiger partial charge on any atom is -0.399 e. The van der Waals surface area contributed by atoms with Gasteiger partial charge in [-0.1, -0.05) is 25.8 Å². The van der Waals surface area contributed by atoms with Crippen molar-refractivity contribution in [3.8, 4) is 11.4 Å². The number of nitrogens with two attached hydrogens (primary N) is 1. The van der Waals surface area contributed by atoms with Crippen molar-refractivity contribution >= 4 is 5.69 Å². The zero-order valence-corrected chi connectivity index (χ0v) is 12.1. The molecule has 0 amide bonds. The van der Waals surface area contributed by atoms with Crippen LogP contribution in [0.3, 0.4) is 0 Å². The van der Waals surface area contributed by atoms with Gasteiger partial charge in [0.1, 0.15) is 0 Å². The highest BCUT2D eigenvalue weighted by atomic mass is 15.5. The second kappa shape index (κ2) is 5.23. The lowest BCUT2D eigenvalue weighted by Gasteiger charge is -2.16. The summed E-state index contributed by atoms with van der Waals surface area (Å²) >= 11 is 0. The van der Waals surface area contributed by atoms with Crippen molar-refractivity contribution in [3.05, 3.63) is 23.8 Å². The average molecular weight is 271 g/mol. The van der Waals surface area contributed by atoms with E-state index in [0.717, 1.165) is 35.1 Å². The molecule has 0 spiro atoms. The first-order valence-corrected chi connectivity index (χ1v) is 7.28. The molecule has 2 unspecified atom stereocenters. The summed E-state index contributed by atoms with van der Waals surface area (Å²) in [7, 11) is 0. The molecule has 1 aromatic heterocycles. The van der Waals surface area contributed by atoms with Gasteiger partial charge in [-0.2, -0.15) is 0 Å². The standard InChI is InChI=1S/C15H21N5/c1-10-4-3-5-12(10)9-20-15(17-18-19-20)14-8-13(16)7-6-11(14)2/h6-8,10,12H,3-5,9,16H2,1-2H3. The lowest BCUT2D eigenvalue weighted by Crippen LogP contribution is -2.15. The highest BCUT2D eigenvalue weighted by Crippen LogP contribution is 2.33. The van der Waals surface area contributed by atoms with E-state index in [1.165, 1.54) is 19.3 Å². The Bertz CT molecular complexity index is 604. The molecule has 5 heteroatoms. The van der Waals surface area contributed by atoms with Gasteiger partial charge in [-0.05, 0) is 53.3 Å². The Balaban J connectivity index is 1.91. The molecule has 0 radical (unpaired) electrons. The van der Waals surface area contributed by atoms with E-state index in [2.05, 4.69) is 29.4 Å². The smallest absolute Gasteiger partial charge is 0.182 e. The second-order valence-corrected chi connectivity index (χ2v) is 5.93. The maximum atomic E-state index is 5.89. The summed E-state index contributed by atoms with van der Waals surface area (Å²) < 4.78 is 1.94. The van der Waals surface area contributed by atoms with Crippen LogP contribution < -0.4 is 5.73 Å². The highest BCUT2D eigenvalue weighted by Gasteiger charge is 2.25. The molecule has 1 heterocycles. The molecule has 0 bridgehead atoms. The van der Waals surface area contributed by atoms with Gasteiger partial charge in [-0.25, -0.2) is 4.68 Å². The number of hydrogen-bond donors (Lipinski definition) is 1. The maximum absolute atomic E-state index is 5.89. The van der Waals surface area contributed by atoms with Crippen molar-refractivity contribution in [1.82, 2.24) is 20.2 Å². The predicted molar refractivity (Wildman–Crippen MR) is 78.9 cm³/mol. The first kappa shape index (κ1) is 13.1. The number of tetrazole rings is 1. The van der Waals surface area contributed by atoms with Crippen LogP contribution in [0.5, 0.6) is 0 Å². The molecule has 1 aromatic carbocycles. The summed E-state index contributed by atoms with van der Waals surface area (Å²) in [5, 5.41) is 12.2. The summed E-state index contributed by atoms with van der Waals surface area (Å²) in [6, 6.07) is 5.88. The van der Waals surface area contributed by atoms with E-state index in [1.807, 2.05) is 22.9 Å². The third kappa shape index (κ3) is 2.40. The van der Waals surface area contributed by atoms with Crippen LogP contribution in [-0.2, 0) is 6.54 Å². The predicted octanol–water partition coefficient (Wildman–Crippen LogP) is 2.67. The first-order valence-electron chi connectivity index (χ1n) is 7.28. The molecule has 1 aliphatic rings. The van der Waals surface area contributed by atoms with E-state index in [9.17, 15) is 0 Å². The number of rotatable bonds is 3. The summed E-state index contributed by atoms with van der Waals surface area (Å²) in [4.78, 5) is 0. The minimum atomic E-state index is 0.679. The third-order valence-corrected chi connectivity index (χ3v) is 4.48. The summed E-state index contributed by atoms with van der Waals surface area (Å²) in [6.45, 7) is 5.29. The van der Waals surface area contributed by atoms with Gasteiger partial charge in [-0.3, -0.25) is 0 Å². The van der Waals surface area contributed by atoms with Gasteiger partial charge in [-0.15, -0.1) is 5.10 Å². The van der Waals surface area contributed by atoms with E-state index >= 15 is 0 Å². The largest absolute Gasteiger partial charge is 0.399 e. The number of hydrogen-bond acceptors (Lipinski definition) is 4. The van der Waals surface area contributed by atoms with Gasteiger partial charge in [0.15, 0.2) is 5.82 Å². The molecule has 1 aliphatic carbocycles. The van der Waals surface area contributed by atoms with Crippen LogP contribution in [0.25, 0.3) is 11.4 Å². The fourth-order valence-electron chi connectivity index (χ4n) is 3.12. The molecule has 3 rings (SSSR count). The van der Waals surface area contributed by atoms with Crippen LogP contribution in [0.2, 0.25) is 0 Å². The van der Waals surface area contributed by atoms with E-state index < -0.39 is 0 Å². The molecule has 2 atom stereocenters. The Kier molecular flexibility index (Phi) is 3.42. The molecule has 20 heavy (non-hydrogen) atoms. The van der Waals surface area contributed by atoms with Crippen molar-refractivity contribution in [2.24, 2.45) is 11.8 Å². The number of aryl methyl sites for hydroxylation is 1. The number of nitrogens with zero attached hydrogens (tertiary/aromatic N) is 4. The van der Waals surface area contributed by atoms with Crippen molar-refractivity contribution in [3.63, 3.8) is 0 Å². The van der Waals surface area contributed by atoms with Gasteiger partial charge in [0, 0.05) is 17.8 Å². The van der Waals surface area contributed by atoms with E-state index in [0.29, 0.717) is 5.92 Å². The van der Waals surface area contributed by atoms with Crippen molar-refractivity contribution < 1.29 is 0 Å². The Labute approximate surface area is 119 Å². The van der Waals surface area contributed by atoms with Gasteiger partial charge in [0.2, 0.25) is 0 Å². The van der Waals surface area contributed by atoms with Crippen LogP contribution in [0.15, 0.2) is 18.2 Å².